The van der Waals surface area contributed by atoms with E-state index in [1.165, 1.54) is 30.3 Å². The fourth-order valence-electron chi connectivity index (χ4n) is 1.67. The molecule has 0 spiro atoms. The minimum Gasteiger partial charge on any atom is -0.329 e. The second-order valence-corrected chi connectivity index (χ2v) is 4.96. The van der Waals surface area contributed by atoms with Crippen molar-refractivity contribution < 1.29 is 14.5 Å². The Morgan fingerprint density at radius 3 is 2.43 bits per heavy atom. The molecule has 0 atom stereocenters. The molecule has 2 N–H and O–H groups in total. The molecule has 2 rings (SSSR count). The average Bonchev–Trinajstić information content (AvgIpc) is 2.67. The standard InChI is InChI=1S/C12H11N3O4S.ClH/c13-5-6-14-11(16)10(20-12(14)17)7-8-1-3-9(4-2-8)15(18)19;/h1-4,7H,5-6,13H2;1H. The van der Waals surface area contributed by atoms with E-state index in [1.54, 1.807) is 0 Å². The van der Waals surface area contributed by atoms with Crippen molar-refractivity contribution in [3.8, 4) is 0 Å². The number of rotatable bonds is 4. The first kappa shape index (κ1) is 17.2. The molecule has 1 aromatic carbocycles. The van der Waals surface area contributed by atoms with Gasteiger partial charge in [-0.2, -0.15) is 0 Å². The largest absolute Gasteiger partial charge is 0.329 e. The maximum atomic E-state index is 11.9. The molecule has 1 aliphatic heterocycles. The summed E-state index contributed by atoms with van der Waals surface area (Å²) < 4.78 is 0. The molecule has 7 nitrogen and oxygen atoms in total. The highest BCUT2D eigenvalue weighted by atomic mass is 35.5. The lowest BCUT2D eigenvalue weighted by molar-refractivity contribution is -0.384. The number of nitro benzene ring substituents is 1. The Hall–Kier alpha value is -1.90. The summed E-state index contributed by atoms with van der Waals surface area (Å²) in [5.74, 6) is -0.385. The highest BCUT2D eigenvalue weighted by Crippen LogP contribution is 2.32. The third-order valence-electron chi connectivity index (χ3n) is 2.63. The van der Waals surface area contributed by atoms with Gasteiger partial charge in [0.25, 0.3) is 16.8 Å². The molecule has 0 saturated carbocycles. The van der Waals surface area contributed by atoms with Gasteiger partial charge in [-0.3, -0.25) is 24.6 Å². The molecule has 0 aliphatic carbocycles. The minimum atomic E-state index is -0.501. The van der Waals surface area contributed by atoms with Crippen molar-refractivity contribution in [2.24, 2.45) is 5.73 Å². The highest BCUT2D eigenvalue weighted by molar-refractivity contribution is 8.18. The van der Waals surface area contributed by atoms with Gasteiger partial charge in [0.2, 0.25) is 0 Å². The summed E-state index contributed by atoms with van der Waals surface area (Å²) >= 11 is 0.836. The fraction of sp³-hybridized carbons (Fsp3) is 0.167. The molecule has 21 heavy (non-hydrogen) atoms. The van der Waals surface area contributed by atoms with E-state index < -0.39 is 4.92 Å². The quantitative estimate of drug-likeness (QED) is 0.514. The predicted molar refractivity (Wildman–Crippen MR) is 82.1 cm³/mol. The zero-order valence-electron chi connectivity index (χ0n) is 10.7. The van der Waals surface area contributed by atoms with Crippen LogP contribution in [0, 0.1) is 10.1 Å². The van der Waals surface area contributed by atoms with Crippen LogP contribution in [0.5, 0.6) is 0 Å². The molecule has 0 unspecified atom stereocenters. The molecule has 1 saturated heterocycles. The van der Waals surface area contributed by atoms with Crippen molar-refractivity contribution in [2.45, 2.75) is 0 Å². The number of nitro groups is 1. The van der Waals surface area contributed by atoms with Crippen molar-refractivity contribution in [1.82, 2.24) is 4.90 Å². The van der Waals surface area contributed by atoms with Crippen LogP contribution < -0.4 is 5.73 Å². The number of hydrogen-bond donors (Lipinski definition) is 1. The number of carbonyl (C=O) groups is 2. The van der Waals surface area contributed by atoms with E-state index in [0.29, 0.717) is 5.56 Å². The lowest BCUT2D eigenvalue weighted by Crippen LogP contribution is -2.33. The Kier molecular flexibility index (Phi) is 5.89. The van der Waals surface area contributed by atoms with Gasteiger partial charge in [0.1, 0.15) is 0 Å². The molecule has 0 bridgehead atoms. The topological polar surface area (TPSA) is 107 Å². The smallest absolute Gasteiger partial charge is 0.293 e. The number of thioether (sulfide) groups is 1. The van der Waals surface area contributed by atoms with Crippen LogP contribution >= 0.6 is 24.2 Å². The third-order valence-corrected chi connectivity index (χ3v) is 3.54. The van der Waals surface area contributed by atoms with Gasteiger partial charge in [-0.1, -0.05) is 0 Å². The molecule has 1 fully saturated rings. The first-order valence-electron chi connectivity index (χ1n) is 5.73. The average molecular weight is 330 g/mol. The Morgan fingerprint density at radius 2 is 1.90 bits per heavy atom. The van der Waals surface area contributed by atoms with Crippen molar-refractivity contribution in [3.63, 3.8) is 0 Å². The second-order valence-electron chi connectivity index (χ2n) is 3.97. The van der Waals surface area contributed by atoms with Crippen molar-refractivity contribution in [1.29, 1.82) is 0 Å². The summed E-state index contributed by atoms with van der Waals surface area (Å²) in [6, 6.07) is 5.73. The van der Waals surface area contributed by atoms with Crippen LogP contribution in [0.3, 0.4) is 0 Å². The number of benzene rings is 1. The van der Waals surface area contributed by atoms with Gasteiger partial charge in [-0.15, -0.1) is 12.4 Å². The molecule has 1 heterocycles. The van der Waals surface area contributed by atoms with Crippen molar-refractivity contribution in [2.75, 3.05) is 13.1 Å². The predicted octanol–water partition coefficient (Wildman–Crippen LogP) is 2.01. The second kappa shape index (κ2) is 7.21. The van der Waals surface area contributed by atoms with Crippen LogP contribution in [0.1, 0.15) is 5.56 Å². The van der Waals surface area contributed by atoms with E-state index in [9.17, 15) is 19.7 Å². The molecule has 0 radical (unpaired) electrons. The number of hydrogen-bond acceptors (Lipinski definition) is 6. The minimum absolute atomic E-state index is 0. The first-order valence-corrected chi connectivity index (χ1v) is 6.54. The lowest BCUT2D eigenvalue weighted by atomic mass is 10.2. The Bertz CT molecular complexity index is 603. The highest BCUT2D eigenvalue weighted by Gasteiger charge is 2.34. The van der Waals surface area contributed by atoms with Crippen LogP contribution in [0.4, 0.5) is 10.5 Å². The van der Waals surface area contributed by atoms with Crippen molar-refractivity contribution in [3.05, 3.63) is 44.8 Å². The number of non-ortho nitro benzene ring substituents is 1. The van der Waals surface area contributed by atoms with Gasteiger partial charge in [0.15, 0.2) is 0 Å². The Morgan fingerprint density at radius 1 is 1.29 bits per heavy atom. The maximum Gasteiger partial charge on any atom is 0.293 e. The SMILES string of the molecule is Cl.NCCN1C(=O)SC(=Cc2ccc([N+](=O)[O-])cc2)C1=O. The van der Waals surface area contributed by atoms with Gasteiger partial charge in [-0.25, -0.2) is 0 Å². The zero-order valence-corrected chi connectivity index (χ0v) is 12.4. The number of nitrogens with two attached hydrogens (primary N) is 1. The normalized spacial score (nSPS) is 16.2. The Balaban J connectivity index is 0.00000220. The summed E-state index contributed by atoms with van der Waals surface area (Å²) in [5.41, 5.74) is 5.93. The third kappa shape index (κ3) is 3.81. The van der Waals surface area contributed by atoms with E-state index in [2.05, 4.69) is 0 Å². The first-order chi connectivity index (χ1) is 9.52. The molecular formula is C12H12ClN3O4S. The molecule has 112 valence electrons. The molecule has 0 aromatic heterocycles. The fourth-order valence-corrected chi connectivity index (χ4v) is 2.53. The zero-order chi connectivity index (χ0) is 14.7. The Labute approximate surface area is 130 Å². The van der Waals surface area contributed by atoms with Gasteiger partial charge < -0.3 is 5.73 Å². The van der Waals surface area contributed by atoms with Gasteiger partial charge in [0.05, 0.1) is 9.83 Å². The summed E-state index contributed by atoms with van der Waals surface area (Å²) in [6.45, 7) is 0.394. The van der Waals surface area contributed by atoms with Gasteiger partial charge >= 0.3 is 0 Å². The number of imide groups is 1. The number of amides is 2. The van der Waals surface area contributed by atoms with E-state index >= 15 is 0 Å². The van der Waals surface area contributed by atoms with Gasteiger partial charge in [-0.05, 0) is 35.5 Å². The summed E-state index contributed by atoms with van der Waals surface area (Å²) in [4.78, 5) is 34.9. The van der Waals surface area contributed by atoms with Crippen LogP contribution in [0.25, 0.3) is 6.08 Å². The number of nitrogens with zero attached hydrogens (tertiary/aromatic N) is 2. The monoisotopic (exact) mass is 329 g/mol. The van der Waals surface area contributed by atoms with Gasteiger partial charge in [0, 0.05) is 25.2 Å². The molecule has 1 aromatic rings. The number of halogens is 1. The molecular weight excluding hydrogens is 318 g/mol. The summed E-state index contributed by atoms with van der Waals surface area (Å²) in [5, 5.41) is 10.2. The summed E-state index contributed by atoms with van der Waals surface area (Å²) in [7, 11) is 0. The van der Waals surface area contributed by atoms with Crippen LogP contribution in [0.15, 0.2) is 29.2 Å². The van der Waals surface area contributed by atoms with Crippen LogP contribution in [-0.4, -0.2) is 34.1 Å². The summed E-state index contributed by atoms with van der Waals surface area (Å²) in [6.07, 6.45) is 1.53. The molecule has 2 amide bonds. The maximum absolute atomic E-state index is 11.9. The molecule has 9 heteroatoms. The van der Waals surface area contributed by atoms with Crippen LogP contribution in [0.2, 0.25) is 0 Å². The molecule has 1 aliphatic rings. The van der Waals surface area contributed by atoms with E-state index in [0.717, 1.165) is 16.7 Å². The van der Waals surface area contributed by atoms with E-state index in [1.807, 2.05) is 0 Å². The van der Waals surface area contributed by atoms with E-state index in [4.69, 9.17) is 5.73 Å². The van der Waals surface area contributed by atoms with Crippen LogP contribution in [-0.2, 0) is 4.79 Å². The lowest BCUT2D eigenvalue weighted by Gasteiger charge is -2.09. The number of carbonyl (C=O) groups excluding carboxylic acids is 2. The van der Waals surface area contributed by atoms with Crippen molar-refractivity contribution >= 4 is 47.1 Å². The van der Waals surface area contributed by atoms with E-state index in [-0.39, 0.29) is 47.2 Å².